The van der Waals surface area contributed by atoms with Crippen molar-refractivity contribution in [1.29, 1.82) is 0 Å². The Morgan fingerprint density at radius 2 is 1.77 bits per heavy atom. The number of rotatable bonds is 4. The van der Waals surface area contributed by atoms with E-state index in [1.165, 1.54) is 35.1 Å². The number of carbonyl (C=O) groups excluding carboxylic acids is 1. The van der Waals surface area contributed by atoms with Crippen molar-refractivity contribution < 1.29 is 9.53 Å². The molecule has 2 aromatic rings. The normalized spacial score (nSPS) is 19.8. The first-order valence-corrected chi connectivity index (χ1v) is 9.87. The van der Waals surface area contributed by atoms with Crippen molar-refractivity contribution in [1.82, 2.24) is 5.32 Å². The van der Waals surface area contributed by atoms with Gasteiger partial charge < -0.3 is 10.1 Å². The van der Waals surface area contributed by atoms with Gasteiger partial charge in [0.2, 0.25) is 0 Å². The van der Waals surface area contributed by atoms with Crippen molar-refractivity contribution in [3.05, 3.63) is 64.7 Å². The van der Waals surface area contributed by atoms with Gasteiger partial charge >= 0.3 is 0 Å². The van der Waals surface area contributed by atoms with Crippen molar-refractivity contribution in [2.45, 2.75) is 64.0 Å². The Bertz CT molecular complexity index is 799. The Kier molecular flexibility index (Phi) is 4.96. The van der Waals surface area contributed by atoms with Crippen molar-refractivity contribution in [2.24, 2.45) is 0 Å². The van der Waals surface area contributed by atoms with Gasteiger partial charge in [0.1, 0.15) is 5.75 Å². The van der Waals surface area contributed by atoms with Gasteiger partial charge in [0, 0.05) is 0 Å². The molecule has 3 heteroatoms. The predicted octanol–water partition coefficient (Wildman–Crippen LogP) is 4.53. The molecule has 2 aliphatic carbocycles. The molecular formula is C23H27NO2. The minimum Gasteiger partial charge on any atom is -0.481 e. The largest absolute Gasteiger partial charge is 0.481 e. The molecule has 2 aromatic carbocycles. The first kappa shape index (κ1) is 17.1. The number of nitrogens with one attached hydrogen (secondary N) is 1. The molecule has 0 saturated heterocycles. The molecule has 3 nitrogen and oxygen atoms in total. The molecule has 26 heavy (non-hydrogen) atoms. The maximum atomic E-state index is 12.7. The molecular weight excluding hydrogens is 322 g/mol. The fourth-order valence-electron chi connectivity index (χ4n) is 4.23. The lowest BCUT2D eigenvalue weighted by molar-refractivity contribution is -0.128. The molecule has 4 rings (SSSR count). The zero-order valence-corrected chi connectivity index (χ0v) is 15.5. The Morgan fingerprint density at radius 1 is 1.00 bits per heavy atom. The minimum absolute atomic E-state index is 0.0376. The summed E-state index contributed by atoms with van der Waals surface area (Å²) in [7, 11) is 0. The van der Waals surface area contributed by atoms with Gasteiger partial charge in [-0.2, -0.15) is 0 Å². The summed E-state index contributed by atoms with van der Waals surface area (Å²) in [5.74, 6) is 0.766. The van der Waals surface area contributed by atoms with Crippen LogP contribution in [0.15, 0.2) is 42.5 Å². The Labute approximate surface area is 155 Å². The van der Waals surface area contributed by atoms with E-state index in [0.29, 0.717) is 0 Å². The van der Waals surface area contributed by atoms with Crippen LogP contribution >= 0.6 is 0 Å². The number of fused-ring (bicyclic) bond motifs is 2. The van der Waals surface area contributed by atoms with E-state index in [1.807, 2.05) is 13.0 Å². The molecule has 1 N–H and O–H groups in total. The Morgan fingerprint density at radius 3 is 2.65 bits per heavy atom. The number of hydrogen-bond donors (Lipinski definition) is 1. The van der Waals surface area contributed by atoms with E-state index in [-0.39, 0.29) is 11.9 Å². The highest BCUT2D eigenvalue weighted by molar-refractivity contribution is 5.81. The fourth-order valence-corrected chi connectivity index (χ4v) is 4.23. The van der Waals surface area contributed by atoms with Crippen LogP contribution in [0.1, 0.15) is 60.9 Å². The van der Waals surface area contributed by atoms with Crippen molar-refractivity contribution in [3.8, 4) is 5.75 Å². The molecule has 2 aliphatic rings. The third-order valence-electron chi connectivity index (χ3n) is 5.69. The highest BCUT2D eigenvalue weighted by Gasteiger charge is 2.24. The standard InChI is InChI=1S/C23H27NO2/c1-16(26-20-14-13-17-7-2-3-9-19(17)15-20)23(25)24-22-12-6-10-18-8-4-5-11-21(18)22/h4-5,8,11,13-16,22H,2-3,6-7,9-10,12H2,1H3,(H,24,25). The topological polar surface area (TPSA) is 38.3 Å². The van der Waals surface area contributed by atoms with E-state index in [9.17, 15) is 4.79 Å². The summed E-state index contributed by atoms with van der Waals surface area (Å²) < 4.78 is 5.96. The van der Waals surface area contributed by atoms with Crippen molar-refractivity contribution in [3.63, 3.8) is 0 Å². The average Bonchev–Trinajstić information content (AvgIpc) is 2.68. The van der Waals surface area contributed by atoms with E-state index in [2.05, 4.69) is 41.7 Å². The number of benzene rings is 2. The molecule has 2 unspecified atom stereocenters. The average molecular weight is 349 g/mol. The van der Waals surface area contributed by atoms with Crippen LogP contribution in [0.4, 0.5) is 0 Å². The summed E-state index contributed by atoms with van der Waals surface area (Å²) in [5.41, 5.74) is 5.42. The van der Waals surface area contributed by atoms with Crippen LogP contribution in [0.3, 0.4) is 0 Å². The second kappa shape index (κ2) is 7.53. The first-order valence-electron chi connectivity index (χ1n) is 9.87. The number of ether oxygens (including phenoxy) is 1. The number of carbonyl (C=O) groups is 1. The maximum Gasteiger partial charge on any atom is 0.261 e. The molecule has 136 valence electrons. The van der Waals surface area contributed by atoms with Crippen LogP contribution in [-0.2, 0) is 24.1 Å². The Hall–Kier alpha value is -2.29. The van der Waals surface area contributed by atoms with E-state index >= 15 is 0 Å². The second-order valence-corrected chi connectivity index (χ2v) is 7.55. The smallest absolute Gasteiger partial charge is 0.261 e. The minimum atomic E-state index is -0.495. The predicted molar refractivity (Wildman–Crippen MR) is 103 cm³/mol. The summed E-state index contributed by atoms with van der Waals surface area (Å²) in [6.45, 7) is 1.84. The van der Waals surface area contributed by atoms with Crippen LogP contribution in [0, 0.1) is 0 Å². The van der Waals surface area contributed by atoms with Crippen LogP contribution in [0.2, 0.25) is 0 Å². The van der Waals surface area contributed by atoms with Crippen molar-refractivity contribution in [2.75, 3.05) is 0 Å². The van der Waals surface area contributed by atoms with E-state index < -0.39 is 6.10 Å². The summed E-state index contributed by atoms with van der Waals surface area (Å²) in [4.78, 5) is 12.7. The monoisotopic (exact) mass is 349 g/mol. The maximum absolute atomic E-state index is 12.7. The van der Waals surface area contributed by atoms with Crippen LogP contribution < -0.4 is 10.1 Å². The van der Waals surface area contributed by atoms with Gasteiger partial charge in [-0.25, -0.2) is 0 Å². The van der Waals surface area contributed by atoms with Gasteiger partial charge in [-0.05, 0) is 86.3 Å². The van der Waals surface area contributed by atoms with Gasteiger partial charge in [-0.3, -0.25) is 4.79 Å². The summed E-state index contributed by atoms with van der Waals surface area (Å²) in [6.07, 6.45) is 7.51. The lowest BCUT2D eigenvalue weighted by Gasteiger charge is -2.27. The molecule has 0 aliphatic heterocycles. The van der Waals surface area contributed by atoms with Crippen LogP contribution in [-0.4, -0.2) is 12.0 Å². The van der Waals surface area contributed by atoms with E-state index in [1.54, 1.807) is 0 Å². The fraction of sp³-hybridized carbons (Fsp3) is 0.435. The summed E-state index contributed by atoms with van der Waals surface area (Å²) in [5, 5.41) is 3.19. The van der Waals surface area contributed by atoms with Gasteiger partial charge in [0.25, 0.3) is 5.91 Å². The van der Waals surface area contributed by atoms with Crippen LogP contribution in [0.25, 0.3) is 0 Å². The van der Waals surface area contributed by atoms with Crippen LogP contribution in [0.5, 0.6) is 5.75 Å². The lowest BCUT2D eigenvalue weighted by Crippen LogP contribution is -2.39. The zero-order chi connectivity index (χ0) is 17.9. The zero-order valence-electron chi connectivity index (χ0n) is 15.5. The molecule has 0 fully saturated rings. The van der Waals surface area contributed by atoms with E-state index in [0.717, 1.165) is 37.9 Å². The summed E-state index contributed by atoms with van der Waals surface area (Å²) in [6, 6.07) is 14.8. The molecule has 0 aromatic heterocycles. The molecule has 2 atom stereocenters. The van der Waals surface area contributed by atoms with Gasteiger partial charge in [-0.15, -0.1) is 0 Å². The first-order chi connectivity index (χ1) is 12.7. The molecule has 0 radical (unpaired) electrons. The number of hydrogen-bond acceptors (Lipinski definition) is 2. The molecule has 1 amide bonds. The van der Waals surface area contributed by atoms with Gasteiger partial charge in [0.15, 0.2) is 6.10 Å². The quantitative estimate of drug-likeness (QED) is 0.881. The molecule has 0 bridgehead atoms. The number of aryl methyl sites for hydroxylation is 3. The Balaban J connectivity index is 1.41. The molecule has 0 saturated carbocycles. The number of amides is 1. The third-order valence-corrected chi connectivity index (χ3v) is 5.69. The second-order valence-electron chi connectivity index (χ2n) is 7.55. The lowest BCUT2D eigenvalue weighted by atomic mass is 9.87. The van der Waals surface area contributed by atoms with Crippen molar-refractivity contribution >= 4 is 5.91 Å². The summed E-state index contributed by atoms with van der Waals surface area (Å²) >= 11 is 0. The SMILES string of the molecule is CC(Oc1ccc2c(c1)CCCC2)C(=O)NC1CCCc2ccccc21. The van der Waals surface area contributed by atoms with Gasteiger partial charge in [-0.1, -0.05) is 30.3 Å². The molecule has 0 spiro atoms. The third kappa shape index (κ3) is 3.62. The highest BCUT2D eigenvalue weighted by Crippen LogP contribution is 2.30. The highest BCUT2D eigenvalue weighted by atomic mass is 16.5. The van der Waals surface area contributed by atoms with E-state index in [4.69, 9.17) is 4.74 Å². The molecule has 0 heterocycles. The van der Waals surface area contributed by atoms with Gasteiger partial charge in [0.05, 0.1) is 6.04 Å².